The molecule has 3 heteroatoms. The van der Waals surface area contributed by atoms with Crippen LogP contribution in [0.1, 0.15) is 64.5 Å². The number of rotatable bonds is 13. The molecule has 0 aliphatic heterocycles. The highest BCUT2D eigenvalue weighted by Crippen LogP contribution is 2.42. The third kappa shape index (κ3) is 8.04. The molecule has 1 aliphatic rings. The van der Waals surface area contributed by atoms with E-state index in [0.717, 1.165) is 50.1 Å². The summed E-state index contributed by atoms with van der Waals surface area (Å²) in [7, 11) is 0. The molecule has 6 aromatic rings. The topological polar surface area (TPSA) is 9.49 Å². The van der Waals surface area contributed by atoms with Crippen LogP contribution in [0.4, 0.5) is 22.7 Å². The van der Waals surface area contributed by atoms with Crippen molar-refractivity contribution in [2.24, 2.45) is 0 Å². The SMILES string of the molecule is CCCN(/C(C)=C/C=C1\CCC(/C=C/C(C)=[N+](\CCC)c2ccc3ccccc3c2C)=C1N(c1ccccc1)c1ccccc1)c1ccc2ccccc2c1C. The molecule has 0 fully saturated rings. The highest BCUT2D eigenvalue weighted by molar-refractivity contribution is 5.93. The van der Waals surface area contributed by atoms with Crippen molar-refractivity contribution in [2.75, 3.05) is 22.9 Å². The van der Waals surface area contributed by atoms with Crippen molar-refractivity contribution in [1.82, 2.24) is 0 Å². The summed E-state index contributed by atoms with van der Waals surface area (Å²) in [6.45, 7) is 15.5. The van der Waals surface area contributed by atoms with Gasteiger partial charge in [-0.15, -0.1) is 0 Å². The second kappa shape index (κ2) is 17.7. The van der Waals surface area contributed by atoms with Crippen LogP contribution < -0.4 is 9.80 Å². The van der Waals surface area contributed by atoms with Gasteiger partial charge in [0.1, 0.15) is 6.54 Å². The Bertz CT molecular complexity index is 2440. The van der Waals surface area contributed by atoms with Crippen molar-refractivity contribution < 1.29 is 4.58 Å². The lowest BCUT2D eigenvalue weighted by Crippen LogP contribution is -2.22. The largest absolute Gasteiger partial charge is 0.345 e. The van der Waals surface area contributed by atoms with E-state index in [2.05, 4.69) is 214 Å². The summed E-state index contributed by atoms with van der Waals surface area (Å²) in [6, 6.07) is 48.3. The first-order valence-corrected chi connectivity index (χ1v) is 20.4. The molecule has 0 spiro atoms. The molecule has 0 unspecified atom stereocenters. The first kappa shape index (κ1) is 38.3. The van der Waals surface area contributed by atoms with Gasteiger partial charge in [-0.2, -0.15) is 4.58 Å². The van der Waals surface area contributed by atoms with E-state index in [1.165, 1.54) is 72.3 Å². The summed E-state index contributed by atoms with van der Waals surface area (Å²) >= 11 is 0. The van der Waals surface area contributed by atoms with Crippen LogP contribution in [0.2, 0.25) is 0 Å². The average molecular weight is 735 g/mol. The van der Waals surface area contributed by atoms with E-state index in [9.17, 15) is 0 Å². The molecule has 0 saturated heterocycles. The Balaban J connectivity index is 1.35. The normalized spacial score (nSPS) is 14.7. The van der Waals surface area contributed by atoms with Crippen molar-refractivity contribution in [3.63, 3.8) is 0 Å². The zero-order valence-electron chi connectivity index (χ0n) is 34.1. The average Bonchev–Trinajstić information content (AvgIpc) is 3.63. The van der Waals surface area contributed by atoms with Gasteiger partial charge in [0.25, 0.3) is 0 Å². The van der Waals surface area contributed by atoms with Gasteiger partial charge in [0.2, 0.25) is 5.69 Å². The van der Waals surface area contributed by atoms with Gasteiger partial charge in [-0.25, -0.2) is 0 Å². The summed E-state index contributed by atoms with van der Waals surface area (Å²) in [5, 5.41) is 5.21. The molecule has 0 aromatic heterocycles. The first-order valence-electron chi connectivity index (χ1n) is 20.4. The molecule has 1 aliphatic carbocycles. The van der Waals surface area contributed by atoms with Crippen molar-refractivity contribution >= 4 is 50.0 Å². The molecular formula is C53H56N3+. The van der Waals surface area contributed by atoms with Crippen LogP contribution in [0, 0.1) is 13.8 Å². The third-order valence-corrected chi connectivity index (χ3v) is 11.2. The zero-order valence-corrected chi connectivity index (χ0v) is 34.1. The number of aryl methyl sites for hydroxylation is 2. The number of anilines is 3. The highest BCUT2D eigenvalue weighted by Gasteiger charge is 2.26. The number of allylic oxidation sites excluding steroid dienone is 7. The molecule has 56 heavy (non-hydrogen) atoms. The van der Waals surface area contributed by atoms with Gasteiger partial charge >= 0.3 is 0 Å². The molecule has 6 aromatic carbocycles. The van der Waals surface area contributed by atoms with E-state index in [1.54, 1.807) is 0 Å². The second-order valence-electron chi connectivity index (χ2n) is 15.0. The van der Waals surface area contributed by atoms with Gasteiger partial charge in [0.05, 0.1) is 5.70 Å². The fraction of sp³-hybridized carbons (Fsp3) is 0.226. The maximum absolute atomic E-state index is 2.50. The van der Waals surface area contributed by atoms with Crippen molar-refractivity contribution in [2.45, 2.75) is 67.2 Å². The standard InChI is InChI=1S/C53H56N3/c1-7-37-54(51-35-33-43-19-15-17-25-49(43)41(51)5)39(3)27-29-45-31-32-46(53(45)56(47-21-11-9-12-22-47)48-23-13-10-14-24-48)30-28-40(4)55(38-8-2)52-36-34-44-20-16-18-26-50(44)42(52)6/h9-30,33-36H,7-8,31-32,37-38H2,1-6H3/q+1. The van der Waals surface area contributed by atoms with E-state index in [1.807, 2.05) is 0 Å². The fourth-order valence-corrected chi connectivity index (χ4v) is 8.34. The summed E-state index contributed by atoms with van der Waals surface area (Å²) in [6.07, 6.45) is 13.6. The lowest BCUT2D eigenvalue weighted by molar-refractivity contribution is -0.440. The Labute approximate surface area is 334 Å². The summed E-state index contributed by atoms with van der Waals surface area (Å²) in [5.41, 5.74) is 14.0. The lowest BCUT2D eigenvalue weighted by atomic mass is 10.0. The molecule has 0 amide bonds. The van der Waals surface area contributed by atoms with Crippen molar-refractivity contribution in [3.05, 3.63) is 191 Å². The van der Waals surface area contributed by atoms with Crippen LogP contribution in [0.3, 0.4) is 0 Å². The third-order valence-electron chi connectivity index (χ3n) is 11.2. The van der Waals surface area contributed by atoms with Crippen molar-refractivity contribution in [3.8, 4) is 0 Å². The Morgan fingerprint density at radius 2 is 1.23 bits per heavy atom. The molecule has 0 saturated carbocycles. The van der Waals surface area contributed by atoms with Crippen LogP contribution in [0.5, 0.6) is 0 Å². The number of nitrogens with zero attached hydrogens (tertiary/aromatic N) is 3. The van der Waals surface area contributed by atoms with Gasteiger partial charge in [-0.3, -0.25) is 0 Å². The van der Waals surface area contributed by atoms with Gasteiger partial charge in [0.15, 0.2) is 5.71 Å². The van der Waals surface area contributed by atoms with E-state index in [0.29, 0.717) is 0 Å². The molecule has 3 nitrogen and oxygen atoms in total. The minimum absolute atomic E-state index is 0.960. The molecule has 7 rings (SSSR count). The lowest BCUT2D eigenvalue weighted by Gasteiger charge is -2.29. The van der Waals surface area contributed by atoms with Gasteiger partial charge in [-0.05, 0) is 121 Å². The Hall–Kier alpha value is -5.93. The predicted octanol–water partition coefficient (Wildman–Crippen LogP) is 14.3. The molecular weight excluding hydrogens is 679 g/mol. The number of hydrogen-bond donors (Lipinski definition) is 0. The zero-order chi connectivity index (χ0) is 39.0. The van der Waals surface area contributed by atoms with Gasteiger partial charge < -0.3 is 9.80 Å². The molecule has 0 bridgehead atoms. The monoisotopic (exact) mass is 734 g/mol. The molecule has 0 radical (unpaired) electrons. The van der Waals surface area contributed by atoms with Gasteiger partial charge in [0, 0.05) is 60.4 Å². The minimum atomic E-state index is 0.960. The van der Waals surface area contributed by atoms with Crippen LogP contribution in [0.25, 0.3) is 21.5 Å². The Morgan fingerprint density at radius 3 is 1.86 bits per heavy atom. The molecule has 0 N–H and O–H groups in total. The quantitative estimate of drug-likeness (QED) is 0.0863. The maximum Gasteiger partial charge on any atom is 0.208 e. The highest BCUT2D eigenvalue weighted by atomic mass is 15.2. The minimum Gasteiger partial charge on any atom is -0.345 e. The van der Waals surface area contributed by atoms with E-state index in [-0.39, 0.29) is 0 Å². The predicted molar refractivity (Wildman–Crippen MR) is 243 cm³/mol. The van der Waals surface area contributed by atoms with Crippen LogP contribution in [0.15, 0.2) is 180 Å². The van der Waals surface area contributed by atoms with Crippen molar-refractivity contribution in [1.29, 1.82) is 0 Å². The van der Waals surface area contributed by atoms with E-state index in [4.69, 9.17) is 0 Å². The first-order chi connectivity index (χ1) is 27.4. The molecule has 0 heterocycles. The van der Waals surface area contributed by atoms with Crippen LogP contribution in [-0.2, 0) is 0 Å². The number of fused-ring (bicyclic) bond motifs is 2. The number of para-hydroxylation sites is 2. The fourth-order valence-electron chi connectivity index (χ4n) is 8.34. The number of hydrogen-bond acceptors (Lipinski definition) is 2. The summed E-state index contributed by atoms with van der Waals surface area (Å²) < 4.78 is 2.50. The number of benzene rings is 6. The van der Waals surface area contributed by atoms with Crippen LogP contribution >= 0.6 is 0 Å². The van der Waals surface area contributed by atoms with E-state index < -0.39 is 0 Å². The maximum atomic E-state index is 2.50. The van der Waals surface area contributed by atoms with E-state index >= 15 is 0 Å². The summed E-state index contributed by atoms with van der Waals surface area (Å²) in [5.74, 6) is 0. The smallest absolute Gasteiger partial charge is 0.208 e. The molecule has 282 valence electrons. The Kier molecular flexibility index (Phi) is 12.1. The molecule has 0 atom stereocenters. The Morgan fingerprint density at radius 1 is 0.643 bits per heavy atom. The second-order valence-corrected chi connectivity index (χ2v) is 15.0. The van der Waals surface area contributed by atoms with Gasteiger partial charge in [-0.1, -0.05) is 117 Å². The van der Waals surface area contributed by atoms with Crippen LogP contribution in [-0.4, -0.2) is 23.4 Å². The summed E-state index contributed by atoms with van der Waals surface area (Å²) in [4.78, 5) is 4.96.